The van der Waals surface area contributed by atoms with Crippen LogP contribution in [0.15, 0.2) is 29.2 Å². The number of hydrogen-bond acceptors (Lipinski definition) is 9. The van der Waals surface area contributed by atoms with Crippen LogP contribution in [0.5, 0.6) is 5.75 Å². The van der Waals surface area contributed by atoms with E-state index in [2.05, 4.69) is 0 Å². The van der Waals surface area contributed by atoms with Crippen molar-refractivity contribution in [1.29, 1.82) is 0 Å². The maximum absolute atomic E-state index is 12.6. The van der Waals surface area contributed by atoms with Crippen molar-refractivity contribution >= 4 is 80.5 Å². The number of benzene rings is 1. The zero-order valence-electron chi connectivity index (χ0n) is 15.3. The number of hydrogen-bond donors (Lipinski definition) is 0. The molecule has 0 aliphatic carbocycles. The highest BCUT2D eigenvalue weighted by Crippen LogP contribution is 2.32. The molecule has 2 saturated heterocycles. The minimum absolute atomic E-state index is 0.00174. The van der Waals surface area contributed by atoms with Crippen LogP contribution in [0.2, 0.25) is 0 Å². The Morgan fingerprint density at radius 3 is 2.52 bits per heavy atom. The number of thiocarbonyl (C=S) groups is 2. The summed E-state index contributed by atoms with van der Waals surface area (Å²) in [4.78, 5) is 39.4. The third-order valence-corrected chi connectivity index (χ3v) is 6.80. The number of thioether (sulfide) groups is 2. The van der Waals surface area contributed by atoms with Crippen LogP contribution < -0.4 is 4.74 Å². The lowest BCUT2D eigenvalue weighted by Crippen LogP contribution is -2.36. The van der Waals surface area contributed by atoms with Gasteiger partial charge in [0.2, 0.25) is 5.91 Å². The maximum Gasteiger partial charge on any atom is 0.326 e. The van der Waals surface area contributed by atoms with Gasteiger partial charge in [0.1, 0.15) is 27.5 Å². The number of carbonyl (C=O) groups is 3. The molecule has 0 unspecified atom stereocenters. The van der Waals surface area contributed by atoms with E-state index in [4.69, 9.17) is 33.9 Å². The van der Waals surface area contributed by atoms with Crippen LogP contribution in [0.4, 0.5) is 0 Å². The number of nitrogens with zero attached hydrogens (tertiary/aromatic N) is 2. The molecule has 2 aliphatic heterocycles. The Kier molecular flexibility index (Phi) is 7.28. The Hall–Kier alpha value is -1.95. The summed E-state index contributed by atoms with van der Waals surface area (Å²) in [5.41, 5.74) is 0.818. The molecule has 2 aliphatic rings. The molecule has 152 valence electrons. The first-order chi connectivity index (χ1) is 13.9. The van der Waals surface area contributed by atoms with E-state index < -0.39 is 5.97 Å². The van der Waals surface area contributed by atoms with Crippen molar-refractivity contribution in [2.75, 3.05) is 32.6 Å². The monoisotopic (exact) mass is 468 g/mol. The third kappa shape index (κ3) is 5.35. The SMILES string of the molecule is COc1ccc(C=C2SC(=S)N(CC(=O)OCCN3C(=O)CSC3=S)C2=O)cc1. The van der Waals surface area contributed by atoms with Crippen LogP contribution >= 0.6 is 48.0 Å². The van der Waals surface area contributed by atoms with Crippen molar-refractivity contribution in [2.24, 2.45) is 0 Å². The van der Waals surface area contributed by atoms with Crippen LogP contribution in [0.25, 0.3) is 6.08 Å². The van der Waals surface area contributed by atoms with E-state index in [0.29, 0.717) is 25.0 Å². The van der Waals surface area contributed by atoms with Gasteiger partial charge in [0.05, 0.1) is 24.3 Å². The topological polar surface area (TPSA) is 76.2 Å². The number of amides is 2. The lowest BCUT2D eigenvalue weighted by molar-refractivity contribution is -0.146. The van der Waals surface area contributed by atoms with Crippen molar-refractivity contribution in [1.82, 2.24) is 9.80 Å². The van der Waals surface area contributed by atoms with Crippen molar-refractivity contribution in [3.63, 3.8) is 0 Å². The average Bonchev–Trinajstić information content (AvgIpc) is 3.16. The Bertz CT molecular complexity index is 884. The van der Waals surface area contributed by atoms with Gasteiger partial charge in [-0.2, -0.15) is 0 Å². The van der Waals surface area contributed by atoms with Gasteiger partial charge in [0.15, 0.2) is 0 Å². The number of ether oxygens (including phenoxy) is 2. The van der Waals surface area contributed by atoms with Gasteiger partial charge in [0.25, 0.3) is 5.91 Å². The summed E-state index contributed by atoms with van der Waals surface area (Å²) in [5.74, 6) is -0.0227. The second-order valence-electron chi connectivity index (χ2n) is 5.86. The standard InChI is InChI=1S/C18H16N2O5S4/c1-24-12-4-2-11(3-5-12)8-13-16(23)20(18(27)29-13)9-15(22)25-7-6-19-14(21)10-28-17(19)26/h2-5,8H,6-7,9-10H2,1H3. The first-order valence-electron chi connectivity index (χ1n) is 8.41. The fourth-order valence-electron chi connectivity index (χ4n) is 2.51. The molecule has 1 aromatic rings. The van der Waals surface area contributed by atoms with E-state index >= 15 is 0 Å². The lowest BCUT2D eigenvalue weighted by atomic mass is 10.2. The molecule has 0 bridgehead atoms. The Morgan fingerprint density at radius 1 is 1.17 bits per heavy atom. The molecule has 0 aromatic heterocycles. The molecule has 2 amide bonds. The van der Waals surface area contributed by atoms with Gasteiger partial charge in [-0.1, -0.05) is 60.1 Å². The normalized spacial score (nSPS) is 18.2. The summed E-state index contributed by atoms with van der Waals surface area (Å²) in [6.45, 7) is -0.0777. The average molecular weight is 469 g/mol. The van der Waals surface area contributed by atoms with Gasteiger partial charge in [-0.3, -0.25) is 24.2 Å². The summed E-state index contributed by atoms with van der Waals surface area (Å²) < 4.78 is 11.0. The number of esters is 1. The molecule has 0 saturated carbocycles. The summed E-state index contributed by atoms with van der Waals surface area (Å²) in [5, 5.41) is 0. The minimum Gasteiger partial charge on any atom is -0.497 e. The molecule has 29 heavy (non-hydrogen) atoms. The zero-order chi connectivity index (χ0) is 21.0. The van der Waals surface area contributed by atoms with Gasteiger partial charge in [0, 0.05) is 0 Å². The predicted octanol–water partition coefficient (Wildman–Crippen LogP) is 2.30. The van der Waals surface area contributed by atoms with Crippen molar-refractivity contribution in [3.05, 3.63) is 34.7 Å². The summed E-state index contributed by atoms with van der Waals surface area (Å²) >= 11 is 12.7. The molecule has 0 N–H and O–H groups in total. The fraction of sp³-hybridized carbons (Fsp3) is 0.278. The smallest absolute Gasteiger partial charge is 0.326 e. The molecule has 2 fully saturated rings. The third-order valence-electron chi connectivity index (χ3n) is 3.99. The molecule has 0 radical (unpaired) electrons. The molecular formula is C18H16N2O5S4. The van der Waals surface area contributed by atoms with E-state index in [1.807, 2.05) is 12.1 Å². The second kappa shape index (κ2) is 9.70. The maximum atomic E-state index is 12.6. The molecule has 2 heterocycles. The van der Waals surface area contributed by atoms with E-state index in [1.165, 1.54) is 21.6 Å². The molecule has 11 heteroatoms. The first kappa shape index (κ1) is 21.8. The highest BCUT2D eigenvalue weighted by molar-refractivity contribution is 8.26. The van der Waals surface area contributed by atoms with Crippen LogP contribution in [0, 0.1) is 0 Å². The Balaban J connectivity index is 1.53. The first-order valence-corrected chi connectivity index (χ1v) is 11.0. The second-order valence-corrected chi connectivity index (χ2v) is 9.15. The quantitative estimate of drug-likeness (QED) is 0.340. The number of carbonyl (C=O) groups excluding carboxylic acids is 3. The lowest BCUT2D eigenvalue weighted by Gasteiger charge is -2.16. The van der Waals surface area contributed by atoms with E-state index in [9.17, 15) is 14.4 Å². The molecule has 0 atom stereocenters. The van der Waals surface area contributed by atoms with Gasteiger partial charge in [-0.15, -0.1) is 0 Å². The molecule has 3 rings (SSSR count). The minimum atomic E-state index is -0.600. The Labute approximate surface area is 186 Å². The number of rotatable bonds is 7. The molecule has 7 nitrogen and oxygen atoms in total. The molecule has 1 aromatic carbocycles. The largest absolute Gasteiger partial charge is 0.497 e. The zero-order valence-corrected chi connectivity index (χ0v) is 18.5. The van der Waals surface area contributed by atoms with E-state index in [0.717, 1.165) is 17.3 Å². The van der Waals surface area contributed by atoms with E-state index in [1.54, 1.807) is 25.3 Å². The van der Waals surface area contributed by atoms with Crippen molar-refractivity contribution in [2.45, 2.75) is 0 Å². The van der Waals surface area contributed by atoms with Crippen LogP contribution in [0.1, 0.15) is 5.56 Å². The van der Waals surface area contributed by atoms with E-state index in [-0.39, 0.29) is 31.5 Å². The van der Waals surface area contributed by atoms with Crippen molar-refractivity contribution in [3.8, 4) is 5.75 Å². The summed E-state index contributed by atoms with van der Waals surface area (Å²) in [6.07, 6.45) is 1.71. The fourth-order valence-corrected chi connectivity index (χ4v) is 4.89. The Morgan fingerprint density at radius 2 is 1.90 bits per heavy atom. The van der Waals surface area contributed by atoms with Crippen LogP contribution in [-0.2, 0) is 19.1 Å². The number of methoxy groups -OCH3 is 1. The van der Waals surface area contributed by atoms with Crippen LogP contribution in [0.3, 0.4) is 0 Å². The van der Waals surface area contributed by atoms with Gasteiger partial charge >= 0.3 is 5.97 Å². The highest BCUT2D eigenvalue weighted by atomic mass is 32.2. The summed E-state index contributed by atoms with van der Waals surface area (Å²) in [7, 11) is 1.58. The van der Waals surface area contributed by atoms with Crippen molar-refractivity contribution < 1.29 is 23.9 Å². The molecular weight excluding hydrogens is 452 g/mol. The van der Waals surface area contributed by atoms with Gasteiger partial charge in [-0.25, -0.2) is 0 Å². The highest BCUT2D eigenvalue weighted by Gasteiger charge is 2.34. The van der Waals surface area contributed by atoms with Crippen LogP contribution in [-0.4, -0.2) is 68.8 Å². The molecule has 0 spiro atoms. The summed E-state index contributed by atoms with van der Waals surface area (Å²) in [6, 6.07) is 7.22. The predicted molar refractivity (Wildman–Crippen MR) is 121 cm³/mol. The van der Waals surface area contributed by atoms with Gasteiger partial charge < -0.3 is 9.47 Å². The van der Waals surface area contributed by atoms with Gasteiger partial charge in [-0.05, 0) is 23.8 Å².